The van der Waals surface area contributed by atoms with Gasteiger partial charge in [-0.15, -0.1) is 0 Å². The highest BCUT2D eigenvalue weighted by Crippen LogP contribution is 2.60. The first-order chi connectivity index (χ1) is 28.4. The molecule has 3 fully saturated rings. The Morgan fingerprint density at radius 3 is 2.31 bits per heavy atom. The minimum atomic E-state index is -3.04. The maximum Gasteiger partial charge on any atom is 0.264 e. The number of rotatable bonds is 8. The topological polar surface area (TPSA) is 126 Å². The first-order valence-corrected chi connectivity index (χ1v) is 24.6. The van der Waals surface area contributed by atoms with E-state index >= 15 is 4.79 Å². The molecule has 5 aliphatic heterocycles. The molecule has 3 N–H and O–H groups in total. The standard InChI is InChI=1S/C46H52BrN5O6Si/c1-30-42(59(2,3)57)40(25-41(54)49-27-33-10-8-7-9-32(33)23-37(49)28-53)58-46(30)38-24-34(47)15-18-39(38)50(44(46)56)26-31-13-16-35(17-14-31)51-29-52(36-11-5-4-6-12-36)45(43(51)55)19-21-48-22-20-45/h4-18,24,30,37,40,42,48,53,57H,19-23,25-29H2,1-3H3/t30-,37-,40+,42-,46+/m0/s1. The highest BCUT2D eigenvalue weighted by molar-refractivity contribution is 9.10. The Morgan fingerprint density at radius 2 is 1.61 bits per heavy atom. The molecular formula is C46H52BrN5O6Si. The molecule has 4 aromatic carbocycles. The summed E-state index contributed by atoms with van der Waals surface area (Å²) >= 11 is 3.65. The van der Waals surface area contributed by atoms with Crippen LogP contribution in [0.25, 0.3) is 0 Å². The average Bonchev–Trinajstić information content (AvgIpc) is 3.78. The molecule has 0 bridgehead atoms. The second-order valence-electron chi connectivity index (χ2n) is 17.5. The van der Waals surface area contributed by atoms with E-state index in [9.17, 15) is 19.5 Å². The Morgan fingerprint density at radius 1 is 0.915 bits per heavy atom. The van der Waals surface area contributed by atoms with Crippen LogP contribution in [0, 0.1) is 5.92 Å². The molecular weight excluding hydrogens is 827 g/mol. The van der Waals surface area contributed by atoms with Gasteiger partial charge in [-0.05, 0) is 105 Å². The van der Waals surface area contributed by atoms with Crippen molar-refractivity contribution in [1.29, 1.82) is 0 Å². The number of hydrogen-bond acceptors (Lipinski definition) is 8. The summed E-state index contributed by atoms with van der Waals surface area (Å²) in [5, 5.41) is 13.8. The van der Waals surface area contributed by atoms with E-state index in [0.717, 1.165) is 69.7 Å². The van der Waals surface area contributed by atoms with E-state index in [-0.39, 0.29) is 43.3 Å². The zero-order valence-electron chi connectivity index (χ0n) is 33.8. The van der Waals surface area contributed by atoms with Gasteiger partial charge in [-0.2, -0.15) is 0 Å². The summed E-state index contributed by atoms with van der Waals surface area (Å²) in [5.74, 6) is -0.718. The number of nitrogens with one attached hydrogen (secondary N) is 1. The summed E-state index contributed by atoms with van der Waals surface area (Å²) in [5.41, 5.74) is 3.90. The number of anilines is 3. The number of carbonyl (C=O) groups excluding carboxylic acids is 3. The van der Waals surface area contributed by atoms with Crippen LogP contribution in [-0.4, -0.2) is 84.9 Å². The van der Waals surface area contributed by atoms with Crippen molar-refractivity contribution in [2.24, 2.45) is 5.92 Å². The number of aliphatic hydroxyl groups excluding tert-OH is 1. The molecule has 4 aromatic rings. The third-order valence-corrected chi connectivity index (χ3v) is 16.7. The number of benzene rings is 4. The van der Waals surface area contributed by atoms with Gasteiger partial charge in [-0.25, -0.2) is 0 Å². The molecule has 0 saturated carbocycles. The van der Waals surface area contributed by atoms with Gasteiger partial charge >= 0.3 is 0 Å². The van der Waals surface area contributed by atoms with Crippen LogP contribution in [0.2, 0.25) is 18.6 Å². The number of halogens is 1. The fourth-order valence-corrected chi connectivity index (χ4v) is 13.8. The van der Waals surface area contributed by atoms with Crippen molar-refractivity contribution in [3.63, 3.8) is 0 Å². The number of aliphatic hydroxyl groups is 1. The Kier molecular flexibility index (Phi) is 10.4. The second kappa shape index (κ2) is 15.3. The highest BCUT2D eigenvalue weighted by atomic mass is 79.9. The summed E-state index contributed by atoms with van der Waals surface area (Å²) < 4.78 is 7.82. The Labute approximate surface area is 355 Å². The van der Waals surface area contributed by atoms with Gasteiger partial charge in [-0.1, -0.05) is 77.5 Å². The molecule has 5 atom stereocenters. The maximum atomic E-state index is 15.1. The normalized spacial score (nSPS) is 26.3. The third kappa shape index (κ3) is 6.65. The van der Waals surface area contributed by atoms with Crippen molar-refractivity contribution >= 4 is 59.0 Å². The van der Waals surface area contributed by atoms with Crippen molar-refractivity contribution in [3.8, 4) is 0 Å². The zero-order chi connectivity index (χ0) is 41.3. The molecule has 5 aliphatic rings. The van der Waals surface area contributed by atoms with Crippen LogP contribution in [0.5, 0.6) is 0 Å². The highest BCUT2D eigenvalue weighted by Gasteiger charge is 2.66. The predicted octanol–water partition coefficient (Wildman–Crippen LogP) is 6.06. The van der Waals surface area contributed by atoms with Crippen LogP contribution in [0.3, 0.4) is 0 Å². The number of nitrogens with zero attached hydrogens (tertiary/aromatic N) is 4. The van der Waals surface area contributed by atoms with Gasteiger partial charge in [0.15, 0.2) is 13.9 Å². The van der Waals surface area contributed by atoms with E-state index in [1.165, 1.54) is 0 Å². The van der Waals surface area contributed by atoms with Crippen molar-refractivity contribution in [1.82, 2.24) is 10.2 Å². The van der Waals surface area contributed by atoms with Crippen molar-refractivity contribution in [3.05, 3.63) is 124 Å². The third-order valence-electron chi connectivity index (χ3n) is 13.7. The minimum absolute atomic E-state index is 0.0147. The fourth-order valence-electron chi connectivity index (χ4n) is 10.9. The van der Waals surface area contributed by atoms with Crippen LogP contribution >= 0.6 is 15.9 Å². The largest absolute Gasteiger partial charge is 0.432 e. The number of carbonyl (C=O) groups is 3. The van der Waals surface area contributed by atoms with Crippen LogP contribution in [0.15, 0.2) is 102 Å². The maximum absolute atomic E-state index is 15.1. The van der Waals surface area contributed by atoms with Crippen LogP contribution in [-0.2, 0) is 44.2 Å². The fraction of sp³-hybridized carbons (Fsp3) is 0.413. The van der Waals surface area contributed by atoms with Gasteiger partial charge in [0.1, 0.15) is 5.54 Å². The smallest absolute Gasteiger partial charge is 0.264 e. The number of amides is 3. The van der Waals surface area contributed by atoms with Gasteiger partial charge < -0.3 is 34.7 Å². The number of piperidine rings is 1. The van der Waals surface area contributed by atoms with Gasteiger partial charge in [-0.3, -0.25) is 19.3 Å². The predicted molar refractivity (Wildman–Crippen MR) is 233 cm³/mol. The molecule has 0 unspecified atom stereocenters. The molecule has 13 heteroatoms. The first-order valence-electron chi connectivity index (χ1n) is 20.8. The van der Waals surface area contributed by atoms with E-state index < -0.39 is 37.0 Å². The molecule has 59 heavy (non-hydrogen) atoms. The molecule has 9 rings (SSSR count). The average molecular weight is 879 g/mol. The van der Waals surface area contributed by atoms with Gasteiger partial charge in [0.2, 0.25) is 5.91 Å². The molecule has 5 heterocycles. The lowest BCUT2D eigenvalue weighted by atomic mass is 9.82. The number of ether oxygens (including phenoxy) is 1. The van der Waals surface area contributed by atoms with E-state index in [1.807, 2.05) is 110 Å². The molecule has 2 spiro atoms. The SMILES string of the molecule is C[C@H]1[C@H]([Si](C)(C)O)[C@@H](CC(=O)N2Cc3ccccc3C[C@H]2CO)O[C@]12C(=O)N(Cc1ccc(N3CN(c4ccccc4)C4(CCNCC4)C3=O)cc1)c1ccc(Br)cc12. The van der Waals surface area contributed by atoms with Gasteiger partial charge in [0.05, 0.1) is 44.1 Å². The van der Waals surface area contributed by atoms with Gasteiger partial charge in [0.25, 0.3) is 11.8 Å². The lowest BCUT2D eigenvalue weighted by Gasteiger charge is -2.39. The summed E-state index contributed by atoms with van der Waals surface area (Å²) in [7, 11) is -3.04. The van der Waals surface area contributed by atoms with E-state index in [0.29, 0.717) is 19.6 Å². The van der Waals surface area contributed by atoms with Crippen LogP contribution in [0.4, 0.5) is 17.1 Å². The molecule has 308 valence electrons. The molecule has 0 radical (unpaired) electrons. The quantitative estimate of drug-likeness (QED) is 0.183. The molecule has 11 nitrogen and oxygen atoms in total. The summed E-state index contributed by atoms with van der Waals surface area (Å²) in [6.07, 6.45) is 1.28. The molecule has 3 saturated heterocycles. The number of hydrogen-bond donors (Lipinski definition) is 3. The van der Waals surface area contributed by atoms with E-state index in [1.54, 1.807) is 9.80 Å². The number of fused-ring (bicyclic) bond motifs is 3. The zero-order valence-corrected chi connectivity index (χ0v) is 36.4. The second-order valence-corrected chi connectivity index (χ2v) is 22.4. The molecule has 0 aliphatic carbocycles. The van der Waals surface area contributed by atoms with E-state index in [2.05, 4.69) is 38.3 Å². The molecule has 0 aromatic heterocycles. The number of para-hydroxylation sites is 1. The van der Waals surface area contributed by atoms with Crippen LogP contribution in [0.1, 0.15) is 48.4 Å². The first kappa shape index (κ1) is 40.1. The Hall–Kier alpha value is -4.37. The Bertz CT molecular complexity index is 2270. The monoisotopic (exact) mass is 877 g/mol. The lowest BCUT2D eigenvalue weighted by molar-refractivity contribution is -0.151. The lowest BCUT2D eigenvalue weighted by Crippen LogP contribution is -2.55. The van der Waals surface area contributed by atoms with E-state index in [4.69, 9.17) is 4.74 Å². The summed E-state index contributed by atoms with van der Waals surface area (Å²) in [4.78, 5) is 63.2. The van der Waals surface area contributed by atoms with Crippen molar-refractivity contribution in [2.45, 2.75) is 87.6 Å². The molecule has 3 amide bonds. The minimum Gasteiger partial charge on any atom is -0.432 e. The van der Waals surface area contributed by atoms with Crippen molar-refractivity contribution < 1.29 is 29.0 Å². The van der Waals surface area contributed by atoms with Crippen LogP contribution < -0.4 is 20.0 Å². The Balaban J connectivity index is 0.988. The van der Waals surface area contributed by atoms with Gasteiger partial charge in [0, 0.05) is 39.4 Å². The summed E-state index contributed by atoms with van der Waals surface area (Å²) in [6, 6.07) is 31.5. The summed E-state index contributed by atoms with van der Waals surface area (Å²) in [6.45, 7) is 8.20. The van der Waals surface area contributed by atoms with Crippen molar-refractivity contribution in [2.75, 3.05) is 41.1 Å².